The zero-order valence-electron chi connectivity index (χ0n) is 13.9. The van der Waals surface area contributed by atoms with Gasteiger partial charge >= 0.3 is 0 Å². The highest BCUT2D eigenvalue weighted by Crippen LogP contribution is 2.12. The van der Waals surface area contributed by atoms with E-state index in [1.807, 2.05) is 6.08 Å². The van der Waals surface area contributed by atoms with E-state index in [9.17, 15) is 9.90 Å². The minimum Gasteiger partial charge on any atom is -0.550 e. The lowest BCUT2D eigenvalue weighted by Gasteiger charge is -2.03. The van der Waals surface area contributed by atoms with Gasteiger partial charge in [-0.2, -0.15) is 0 Å². The SMILES string of the molecule is CCCCCCCCc1ccc(/C=C/CCCC(=O)[O-])cc1. The van der Waals surface area contributed by atoms with Crippen LogP contribution in [0.2, 0.25) is 0 Å². The number of rotatable bonds is 12. The molecule has 1 aromatic carbocycles. The molecule has 0 aliphatic heterocycles. The van der Waals surface area contributed by atoms with Crippen molar-refractivity contribution in [2.45, 2.75) is 71.1 Å². The Morgan fingerprint density at radius 1 is 1.00 bits per heavy atom. The first-order valence-electron chi connectivity index (χ1n) is 8.67. The summed E-state index contributed by atoms with van der Waals surface area (Å²) in [6, 6.07) is 8.68. The van der Waals surface area contributed by atoms with Crippen molar-refractivity contribution in [2.24, 2.45) is 0 Å². The normalized spacial score (nSPS) is 11.1. The molecule has 0 heterocycles. The third kappa shape index (κ3) is 9.38. The van der Waals surface area contributed by atoms with Gasteiger partial charge in [0.15, 0.2) is 0 Å². The number of carbonyl (C=O) groups excluding carboxylic acids is 1. The molecule has 2 nitrogen and oxygen atoms in total. The molecule has 22 heavy (non-hydrogen) atoms. The molecule has 0 amide bonds. The van der Waals surface area contributed by atoms with Crippen LogP contribution in [0.25, 0.3) is 6.08 Å². The van der Waals surface area contributed by atoms with Gasteiger partial charge < -0.3 is 9.90 Å². The van der Waals surface area contributed by atoms with Crippen LogP contribution >= 0.6 is 0 Å². The van der Waals surface area contributed by atoms with E-state index in [1.54, 1.807) is 0 Å². The third-order valence-corrected chi connectivity index (χ3v) is 3.86. The van der Waals surface area contributed by atoms with Crippen LogP contribution in [0.5, 0.6) is 0 Å². The van der Waals surface area contributed by atoms with Crippen LogP contribution in [0.3, 0.4) is 0 Å². The zero-order chi connectivity index (χ0) is 16.0. The number of unbranched alkanes of at least 4 members (excludes halogenated alkanes) is 6. The van der Waals surface area contributed by atoms with Crippen molar-refractivity contribution in [3.8, 4) is 0 Å². The number of carboxylic acids is 1. The maximum atomic E-state index is 10.3. The molecular weight excluding hydrogens is 272 g/mol. The molecule has 0 bridgehead atoms. The van der Waals surface area contributed by atoms with Gasteiger partial charge in [-0.05, 0) is 43.2 Å². The van der Waals surface area contributed by atoms with Gasteiger partial charge in [-0.15, -0.1) is 0 Å². The van der Waals surface area contributed by atoms with Gasteiger partial charge in [-0.3, -0.25) is 0 Å². The summed E-state index contributed by atoms with van der Waals surface area (Å²) in [7, 11) is 0. The maximum Gasteiger partial charge on any atom is 0.0414 e. The quantitative estimate of drug-likeness (QED) is 0.532. The van der Waals surface area contributed by atoms with Crippen LogP contribution in [-0.4, -0.2) is 5.97 Å². The van der Waals surface area contributed by atoms with Crippen LogP contribution in [0, 0.1) is 0 Å². The molecule has 0 spiro atoms. The fourth-order valence-corrected chi connectivity index (χ4v) is 2.49. The summed E-state index contributed by atoms with van der Waals surface area (Å²) in [5, 5.41) is 10.3. The Balaban J connectivity index is 2.19. The highest BCUT2D eigenvalue weighted by Gasteiger charge is 1.95. The predicted molar refractivity (Wildman–Crippen MR) is 91.4 cm³/mol. The average Bonchev–Trinajstić information content (AvgIpc) is 2.51. The molecule has 1 aromatic rings. The number of benzene rings is 1. The number of allylic oxidation sites excluding steroid dienone is 1. The number of aryl methyl sites for hydroxylation is 1. The number of hydrogen-bond acceptors (Lipinski definition) is 2. The highest BCUT2D eigenvalue weighted by atomic mass is 16.4. The molecule has 0 radical (unpaired) electrons. The Bertz CT molecular complexity index is 432. The van der Waals surface area contributed by atoms with E-state index >= 15 is 0 Å². The largest absolute Gasteiger partial charge is 0.550 e. The van der Waals surface area contributed by atoms with Crippen molar-refractivity contribution in [1.29, 1.82) is 0 Å². The van der Waals surface area contributed by atoms with Gasteiger partial charge in [0.1, 0.15) is 0 Å². The molecule has 0 fully saturated rings. The van der Waals surface area contributed by atoms with E-state index in [2.05, 4.69) is 37.3 Å². The molecule has 2 heteroatoms. The van der Waals surface area contributed by atoms with Gasteiger partial charge in [0.25, 0.3) is 0 Å². The molecule has 0 saturated heterocycles. The standard InChI is InChI=1S/C20H30O2/c1-2-3-4-5-6-8-11-18-14-16-19(17-15-18)12-9-7-10-13-20(21)22/h9,12,14-17H,2-8,10-11,13H2,1H3,(H,21,22)/p-1/b12-9+. The monoisotopic (exact) mass is 301 g/mol. The van der Waals surface area contributed by atoms with E-state index in [1.165, 1.54) is 56.1 Å². The van der Waals surface area contributed by atoms with E-state index in [0.717, 1.165) is 6.42 Å². The zero-order valence-corrected chi connectivity index (χ0v) is 13.9. The second kappa shape index (κ2) is 12.0. The summed E-state index contributed by atoms with van der Waals surface area (Å²) in [5.41, 5.74) is 2.59. The average molecular weight is 301 g/mol. The van der Waals surface area contributed by atoms with Gasteiger partial charge in [0.05, 0.1) is 0 Å². The molecule has 0 aliphatic carbocycles. The Hall–Kier alpha value is -1.57. The van der Waals surface area contributed by atoms with Gasteiger partial charge in [-0.25, -0.2) is 0 Å². The lowest BCUT2D eigenvalue weighted by molar-refractivity contribution is -0.305. The molecular formula is C20H29O2-. The highest BCUT2D eigenvalue weighted by molar-refractivity contribution is 5.64. The molecule has 0 unspecified atom stereocenters. The first kappa shape index (κ1) is 18.5. The molecule has 122 valence electrons. The summed E-state index contributed by atoms with van der Waals surface area (Å²) >= 11 is 0. The summed E-state index contributed by atoms with van der Waals surface area (Å²) in [6.45, 7) is 2.25. The van der Waals surface area contributed by atoms with Crippen molar-refractivity contribution in [3.05, 3.63) is 41.5 Å². The van der Waals surface area contributed by atoms with Crippen molar-refractivity contribution < 1.29 is 9.90 Å². The Morgan fingerprint density at radius 3 is 2.36 bits per heavy atom. The summed E-state index contributed by atoms with van der Waals surface area (Å²) in [4.78, 5) is 10.3. The Morgan fingerprint density at radius 2 is 1.68 bits per heavy atom. The molecule has 0 aliphatic rings. The van der Waals surface area contributed by atoms with Crippen LogP contribution in [0.1, 0.15) is 75.8 Å². The lowest BCUT2D eigenvalue weighted by Crippen LogP contribution is -2.21. The van der Waals surface area contributed by atoms with Crippen molar-refractivity contribution in [2.75, 3.05) is 0 Å². The van der Waals surface area contributed by atoms with Gasteiger partial charge in [0, 0.05) is 5.97 Å². The number of hydrogen-bond donors (Lipinski definition) is 0. The number of carbonyl (C=O) groups is 1. The minimum atomic E-state index is -0.965. The smallest absolute Gasteiger partial charge is 0.0414 e. The maximum absolute atomic E-state index is 10.3. The summed E-state index contributed by atoms with van der Waals surface area (Å²) in [5.74, 6) is -0.965. The van der Waals surface area contributed by atoms with Crippen LogP contribution in [-0.2, 0) is 11.2 Å². The van der Waals surface area contributed by atoms with Crippen molar-refractivity contribution in [1.82, 2.24) is 0 Å². The van der Waals surface area contributed by atoms with E-state index in [-0.39, 0.29) is 6.42 Å². The van der Waals surface area contributed by atoms with Crippen molar-refractivity contribution >= 4 is 12.0 Å². The Labute approximate surface area is 135 Å². The summed E-state index contributed by atoms with van der Waals surface area (Å²) in [6.07, 6.45) is 14.9. The van der Waals surface area contributed by atoms with Crippen LogP contribution < -0.4 is 5.11 Å². The van der Waals surface area contributed by atoms with Crippen LogP contribution in [0.4, 0.5) is 0 Å². The molecule has 0 saturated carbocycles. The van der Waals surface area contributed by atoms with E-state index < -0.39 is 5.97 Å². The van der Waals surface area contributed by atoms with Crippen LogP contribution in [0.15, 0.2) is 30.3 Å². The fraction of sp³-hybridized carbons (Fsp3) is 0.550. The van der Waals surface area contributed by atoms with E-state index in [4.69, 9.17) is 0 Å². The van der Waals surface area contributed by atoms with E-state index in [0.29, 0.717) is 6.42 Å². The second-order valence-electron chi connectivity index (χ2n) is 5.93. The number of carboxylic acid groups (broad SMARTS) is 1. The second-order valence-corrected chi connectivity index (χ2v) is 5.93. The minimum absolute atomic E-state index is 0.140. The van der Waals surface area contributed by atoms with Gasteiger partial charge in [0.2, 0.25) is 0 Å². The van der Waals surface area contributed by atoms with Gasteiger partial charge in [-0.1, -0.05) is 75.4 Å². The predicted octanol–water partition coefficient (Wildman–Crippen LogP) is 4.52. The molecule has 0 aromatic heterocycles. The first-order valence-corrected chi connectivity index (χ1v) is 8.67. The number of aliphatic carboxylic acids is 1. The molecule has 0 N–H and O–H groups in total. The summed E-state index contributed by atoms with van der Waals surface area (Å²) < 4.78 is 0. The lowest BCUT2D eigenvalue weighted by atomic mass is 10.0. The Kier molecular flexibility index (Phi) is 10.1. The topological polar surface area (TPSA) is 40.1 Å². The molecule has 0 atom stereocenters. The fourth-order valence-electron chi connectivity index (χ4n) is 2.49. The third-order valence-electron chi connectivity index (χ3n) is 3.86. The first-order chi connectivity index (χ1) is 10.7. The molecule has 1 rings (SSSR count). The van der Waals surface area contributed by atoms with Crippen molar-refractivity contribution in [3.63, 3.8) is 0 Å².